The van der Waals surface area contributed by atoms with Crippen LogP contribution in [-0.4, -0.2) is 68.0 Å². The molecule has 0 saturated carbocycles. The number of hydrogen-bond acceptors (Lipinski definition) is 8. The van der Waals surface area contributed by atoms with E-state index in [1.54, 1.807) is 7.05 Å². The molecule has 0 spiro atoms. The van der Waals surface area contributed by atoms with E-state index in [9.17, 15) is 9.59 Å². The number of methoxy groups -OCH3 is 2. The van der Waals surface area contributed by atoms with Crippen LogP contribution in [0.25, 0.3) is 5.69 Å². The number of tetrazole rings is 1. The van der Waals surface area contributed by atoms with Crippen molar-refractivity contribution in [1.82, 2.24) is 34.7 Å². The summed E-state index contributed by atoms with van der Waals surface area (Å²) >= 11 is 0. The third-order valence-corrected chi connectivity index (χ3v) is 3.19. The minimum atomic E-state index is -0.783. The summed E-state index contributed by atoms with van der Waals surface area (Å²) in [6.45, 7) is 3.62. The number of ether oxygens (including phenoxy) is 2. The predicted molar refractivity (Wildman–Crippen MR) is 78.0 cm³/mol. The molecule has 23 heavy (non-hydrogen) atoms. The first-order chi connectivity index (χ1) is 10.9. The van der Waals surface area contributed by atoms with Crippen molar-refractivity contribution < 1.29 is 14.3 Å². The lowest BCUT2D eigenvalue weighted by atomic mass is 10.4. The Bertz CT molecular complexity index is 745. The Morgan fingerprint density at radius 1 is 1.17 bits per heavy atom. The van der Waals surface area contributed by atoms with Gasteiger partial charge in [0.2, 0.25) is 11.8 Å². The van der Waals surface area contributed by atoms with E-state index >= 15 is 0 Å². The zero-order valence-corrected chi connectivity index (χ0v) is 13.4. The molecule has 11 nitrogen and oxygen atoms in total. The molecule has 11 heteroatoms. The van der Waals surface area contributed by atoms with E-state index in [-0.39, 0.29) is 23.5 Å². The molecule has 2 aromatic heterocycles. The topological polar surface area (TPSA) is 117 Å². The molecule has 1 amide bonds. The number of carbonyl (C=O) groups is 1. The first-order valence-electron chi connectivity index (χ1n) is 6.67. The fourth-order valence-electron chi connectivity index (χ4n) is 1.70. The number of hydrogen-bond donors (Lipinski definition) is 0. The van der Waals surface area contributed by atoms with Crippen LogP contribution in [0.1, 0.15) is 13.8 Å². The van der Waals surface area contributed by atoms with E-state index in [0.29, 0.717) is 4.68 Å². The zero-order valence-electron chi connectivity index (χ0n) is 13.4. The lowest BCUT2D eigenvalue weighted by Gasteiger charge is -2.19. The molecule has 0 atom stereocenters. The monoisotopic (exact) mass is 323 g/mol. The van der Waals surface area contributed by atoms with Crippen molar-refractivity contribution in [2.45, 2.75) is 19.9 Å². The highest BCUT2D eigenvalue weighted by molar-refractivity contribution is 5.75. The number of nitrogens with zero attached hydrogens (tertiary/aromatic N) is 7. The van der Waals surface area contributed by atoms with Gasteiger partial charge < -0.3 is 14.4 Å². The van der Waals surface area contributed by atoms with Crippen LogP contribution in [-0.2, 0) is 0 Å². The van der Waals surface area contributed by atoms with Crippen LogP contribution >= 0.6 is 0 Å². The van der Waals surface area contributed by atoms with Gasteiger partial charge in [-0.05, 0) is 24.3 Å². The molecule has 0 bridgehead atoms. The van der Waals surface area contributed by atoms with Gasteiger partial charge in [0.05, 0.1) is 14.2 Å². The van der Waals surface area contributed by atoms with E-state index in [1.165, 1.54) is 25.4 Å². The fraction of sp³-hybridized carbons (Fsp3) is 0.500. The lowest BCUT2D eigenvalue weighted by Crippen LogP contribution is -2.42. The Hall–Kier alpha value is -2.98. The summed E-state index contributed by atoms with van der Waals surface area (Å²) in [7, 11) is 4.31. The normalized spacial score (nSPS) is 10.7. The number of rotatable bonds is 4. The number of aromatic nitrogens is 6. The molecule has 0 aliphatic rings. The summed E-state index contributed by atoms with van der Waals surface area (Å²) < 4.78 is 11.7. The SMILES string of the molecule is COc1ncnc(OC)c1-n1nnn(C(=O)N(C)C(C)C)c1=O. The van der Waals surface area contributed by atoms with Crippen LogP contribution in [0.5, 0.6) is 11.8 Å². The van der Waals surface area contributed by atoms with Gasteiger partial charge in [0.15, 0.2) is 5.69 Å². The van der Waals surface area contributed by atoms with Crippen LogP contribution in [0, 0.1) is 0 Å². The van der Waals surface area contributed by atoms with Crippen LogP contribution in [0.15, 0.2) is 11.1 Å². The van der Waals surface area contributed by atoms with Crippen molar-refractivity contribution in [2.75, 3.05) is 21.3 Å². The van der Waals surface area contributed by atoms with Gasteiger partial charge in [-0.3, -0.25) is 0 Å². The zero-order chi connectivity index (χ0) is 17.1. The molecule has 0 radical (unpaired) electrons. The fourth-order valence-corrected chi connectivity index (χ4v) is 1.70. The van der Waals surface area contributed by atoms with Crippen molar-refractivity contribution in [2.24, 2.45) is 0 Å². The highest BCUT2D eigenvalue weighted by Gasteiger charge is 2.25. The average molecular weight is 323 g/mol. The smallest absolute Gasteiger partial charge is 0.377 e. The van der Waals surface area contributed by atoms with Crippen LogP contribution < -0.4 is 15.2 Å². The molecule has 0 aliphatic heterocycles. The molecule has 0 saturated heterocycles. The van der Waals surface area contributed by atoms with Crippen molar-refractivity contribution in [1.29, 1.82) is 0 Å². The molecular formula is C12H17N7O4. The summed E-state index contributed by atoms with van der Waals surface area (Å²) in [6.07, 6.45) is 1.22. The highest BCUT2D eigenvalue weighted by atomic mass is 16.5. The Morgan fingerprint density at radius 3 is 2.22 bits per heavy atom. The van der Waals surface area contributed by atoms with Gasteiger partial charge in [-0.15, -0.1) is 9.36 Å². The minimum absolute atomic E-state index is 0.0637. The Labute approximate surface area is 131 Å². The maximum absolute atomic E-state index is 12.5. The van der Waals surface area contributed by atoms with Crippen molar-refractivity contribution >= 4 is 6.03 Å². The van der Waals surface area contributed by atoms with E-state index in [1.807, 2.05) is 13.8 Å². The maximum Gasteiger partial charge on any atom is 0.377 e. The van der Waals surface area contributed by atoms with Gasteiger partial charge >= 0.3 is 11.7 Å². The van der Waals surface area contributed by atoms with Crippen LogP contribution in [0.3, 0.4) is 0 Å². The van der Waals surface area contributed by atoms with Gasteiger partial charge in [-0.25, -0.2) is 9.59 Å². The van der Waals surface area contributed by atoms with Crippen LogP contribution in [0.2, 0.25) is 0 Å². The molecule has 2 aromatic rings. The van der Waals surface area contributed by atoms with E-state index < -0.39 is 11.7 Å². The largest absolute Gasteiger partial charge is 0.479 e. The molecule has 2 heterocycles. The lowest BCUT2D eigenvalue weighted by molar-refractivity contribution is 0.194. The molecule has 124 valence electrons. The summed E-state index contributed by atoms with van der Waals surface area (Å²) in [5.41, 5.74) is -0.720. The standard InChI is InChI=1S/C12H17N7O4/c1-7(2)17(3)11(20)19-12(21)18(15-16-19)8-9(22-4)13-6-14-10(8)23-5/h6-7H,1-5H3. The third kappa shape index (κ3) is 2.84. The quantitative estimate of drug-likeness (QED) is 0.694. The Morgan fingerprint density at radius 2 is 1.74 bits per heavy atom. The van der Waals surface area contributed by atoms with Gasteiger partial charge in [0.25, 0.3) is 0 Å². The van der Waals surface area contributed by atoms with Gasteiger partial charge in [0, 0.05) is 13.1 Å². The highest BCUT2D eigenvalue weighted by Crippen LogP contribution is 2.25. The maximum atomic E-state index is 12.5. The van der Waals surface area contributed by atoms with Gasteiger partial charge in [-0.2, -0.15) is 9.97 Å². The molecule has 0 fully saturated rings. The summed E-state index contributed by atoms with van der Waals surface area (Å²) in [4.78, 5) is 33.8. The van der Waals surface area contributed by atoms with E-state index in [2.05, 4.69) is 20.4 Å². The molecule has 0 aromatic carbocycles. The molecule has 0 unspecified atom stereocenters. The Kier molecular flexibility index (Phi) is 4.57. The predicted octanol–water partition coefficient (Wildman–Crippen LogP) is -0.456. The van der Waals surface area contributed by atoms with Crippen LogP contribution in [0.4, 0.5) is 4.79 Å². The second-order valence-electron chi connectivity index (χ2n) is 4.81. The first-order valence-corrected chi connectivity index (χ1v) is 6.67. The molecular weight excluding hydrogens is 306 g/mol. The molecule has 0 N–H and O–H groups in total. The second kappa shape index (κ2) is 6.42. The van der Waals surface area contributed by atoms with Gasteiger partial charge in [0.1, 0.15) is 6.33 Å². The van der Waals surface area contributed by atoms with Crippen molar-refractivity contribution in [3.05, 3.63) is 16.8 Å². The Balaban J connectivity index is 2.57. The summed E-state index contributed by atoms with van der Waals surface area (Å²) in [5, 5.41) is 7.30. The summed E-state index contributed by atoms with van der Waals surface area (Å²) in [5.74, 6) is 0.131. The third-order valence-electron chi connectivity index (χ3n) is 3.19. The number of amides is 1. The van der Waals surface area contributed by atoms with Gasteiger partial charge in [-0.1, -0.05) is 0 Å². The molecule has 2 rings (SSSR count). The number of carbonyl (C=O) groups excluding carboxylic acids is 1. The second-order valence-corrected chi connectivity index (χ2v) is 4.81. The average Bonchev–Trinajstić information content (AvgIpc) is 2.93. The summed E-state index contributed by atoms with van der Waals surface area (Å²) in [6, 6.07) is -0.713. The van der Waals surface area contributed by atoms with Crippen molar-refractivity contribution in [3.8, 4) is 17.4 Å². The first kappa shape index (κ1) is 16.4. The van der Waals surface area contributed by atoms with Crippen molar-refractivity contribution in [3.63, 3.8) is 0 Å². The van der Waals surface area contributed by atoms with E-state index in [4.69, 9.17) is 9.47 Å². The minimum Gasteiger partial charge on any atom is -0.479 e. The van der Waals surface area contributed by atoms with E-state index in [0.717, 1.165) is 4.68 Å². The molecule has 0 aliphatic carbocycles.